The zero-order chi connectivity index (χ0) is 19.9. The lowest BCUT2D eigenvalue weighted by Crippen LogP contribution is -2.16. The summed E-state index contributed by atoms with van der Waals surface area (Å²) in [6.45, 7) is 2.79. The first-order valence-corrected chi connectivity index (χ1v) is 9.53. The van der Waals surface area contributed by atoms with Gasteiger partial charge in [-0.2, -0.15) is 0 Å². The predicted molar refractivity (Wildman–Crippen MR) is 102 cm³/mol. The molecular weight excluding hydrogens is 386 g/mol. The van der Waals surface area contributed by atoms with Crippen molar-refractivity contribution in [1.29, 1.82) is 0 Å². The first kappa shape index (κ1) is 19.8. The third kappa shape index (κ3) is 5.07. The number of carbonyl (C=O) groups is 1. The van der Waals surface area contributed by atoms with Crippen LogP contribution in [0.25, 0.3) is 0 Å². The van der Waals surface area contributed by atoms with E-state index in [2.05, 4.69) is 15.5 Å². The fourth-order valence-corrected chi connectivity index (χ4v) is 3.24. The van der Waals surface area contributed by atoms with Gasteiger partial charge in [-0.15, -0.1) is 10.2 Å². The third-order valence-electron chi connectivity index (χ3n) is 3.76. The molecule has 28 heavy (non-hydrogen) atoms. The van der Waals surface area contributed by atoms with Crippen molar-refractivity contribution >= 4 is 23.4 Å². The number of halogens is 2. The summed E-state index contributed by atoms with van der Waals surface area (Å²) in [4.78, 5) is 12.1. The van der Waals surface area contributed by atoms with E-state index >= 15 is 0 Å². The van der Waals surface area contributed by atoms with Crippen LogP contribution in [0.5, 0.6) is 5.75 Å². The molecule has 9 heteroatoms. The van der Waals surface area contributed by atoms with E-state index < -0.39 is 17.5 Å². The fourth-order valence-electron chi connectivity index (χ4n) is 2.42. The lowest BCUT2D eigenvalue weighted by atomic mass is 10.3. The quantitative estimate of drug-likeness (QED) is 0.577. The number of ether oxygens (including phenoxy) is 1. The van der Waals surface area contributed by atoms with Crippen molar-refractivity contribution in [2.75, 3.05) is 11.1 Å². The number of nitrogens with zero attached hydrogens (tertiary/aromatic N) is 3. The van der Waals surface area contributed by atoms with Crippen molar-refractivity contribution in [3.05, 3.63) is 66.0 Å². The van der Waals surface area contributed by atoms with E-state index in [4.69, 9.17) is 4.74 Å². The molecule has 0 bridgehead atoms. The molecule has 3 aromatic rings. The monoisotopic (exact) mass is 404 g/mol. The van der Waals surface area contributed by atoms with Gasteiger partial charge in [0, 0.05) is 12.6 Å². The van der Waals surface area contributed by atoms with Crippen LogP contribution in [0, 0.1) is 11.6 Å². The largest absolute Gasteiger partial charge is 0.486 e. The highest BCUT2D eigenvalue weighted by molar-refractivity contribution is 7.99. The highest BCUT2D eigenvalue weighted by atomic mass is 32.2. The Kier molecular flexibility index (Phi) is 6.59. The zero-order valence-electron chi connectivity index (χ0n) is 15.1. The van der Waals surface area contributed by atoms with Gasteiger partial charge in [0.2, 0.25) is 5.91 Å². The van der Waals surface area contributed by atoms with Crippen LogP contribution in [-0.4, -0.2) is 26.4 Å². The molecule has 0 saturated heterocycles. The Labute approximate surface area is 164 Å². The molecule has 0 aliphatic rings. The highest BCUT2D eigenvalue weighted by Crippen LogP contribution is 2.20. The zero-order valence-corrected chi connectivity index (χ0v) is 15.9. The Morgan fingerprint density at radius 3 is 2.68 bits per heavy atom. The molecule has 0 fully saturated rings. The molecule has 6 nitrogen and oxygen atoms in total. The van der Waals surface area contributed by atoms with Gasteiger partial charge < -0.3 is 14.6 Å². The summed E-state index contributed by atoms with van der Waals surface area (Å²) in [5.41, 5.74) is -0.0686. The number of nitrogens with one attached hydrogen (secondary N) is 1. The van der Waals surface area contributed by atoms with Gasteiger partial charge in [-0.3, -0.25) is 4.79 Å². The molecule has 1 amide bonds. The Hall–Kier alpha value is -2.94. The number of rotatable bonds is 8. The number of thioether (sulfide) groups is 1. The molecule has 0 saturated carbocycles. The van der Waals surface area contributed by atoms with Crippen molar-refractivity contribution in [1.82, 2.24) is 14.8 Å². The van der Waals surface area contributed by atoms with Gasteiger partial charge in [0.15, 0.2) is 11.0 Å². The molecular formula is C19H18F2N4O2S. The number of carbonyl (C=O) groups excluding carboxylic acids is 1. The van der Waals surface area contributed by atoms with Crippen LogP contribution in [0.1, 0.15) is 12.7 Å². The number of amides is 1. The van der Waals surface area contributed by atoms with Gasteiger partial charge in [0.25, 0.3) is 0 Å². The van der Waals surface area contributed by atoms with Gasteiger partial charge in [0.1, 0.15) is 24.0 Å². The number of aromatic nitrogens is 3. The third-order valence-corrected chi connectivity index (χ3v) is 4.73. The van der Waals surface area contributed by atoms with Crippen LogP contribution in [0.2, 0.25) is 0 Å². The number of benzene rings is 2. The normalized spacial score (nSPS) is 10.7. The number of para-hydroxylation sites is 1. The fraction of sp³-hybridized carbons (Fsp3) is 0.211. The summed E-state index contributed by atoms with van der Waals surface area (Å²) in [6.07, 6.45) is 0. The Bertz CT molecular complexity index is 950. The second-order valence-electron chi connectivity index (χ2n) is 5.71. The van der Waals surface area contributed by atoms with Crippen molar-refractivity contribution in [3.8, 4) is 5.75 Å². The van der Waals surface area contributed by atoms with E-state index in [0.717, 1.165) is 17.9 Å². The van der Waals surface area contributed by atoms with Crippen LogP contribution in [0.3, 0.4) is 0 Å². The molecule has 146 valence electrons. The summed E-state index contributed by atoms with van der Waals surface area (Å²) >= 11 is 1.18. The van der Waals surface area contributed by atoms with Gasteiger partial charge in [0.05, 0.1) is 11.4 Å². The Morgan fingerprint density at radius 1 is 1.18 bits per heavy atom. The Morgan fingerprint density at radius 2 is 1.96 bits per heavy atom. The number of hydrogen-bond acceptors (Lipinski definition) is 5. The lowest BCUT2D eigenvalue weighted by Gasteiger charge is -2.09. The van der Waals surface area contributed by atoms with E-state index in [1.54, 1.807) is 0 Å². The maximum absolute atomic E-state index is 13.6. The minimum atomic E-state index is -0.824. The molecule has 2 aromatic carbocycles. The first-order chi connectivity index (χ1) is 13.6. The van der Waals surface area contributed by atoms with Crippen molar-refractivity contribution < 1.29 is 18.3 Å². The highest BCUT2D eigenvalue weighted by Gasteiger charge is 2.14. The van der Waals surface area contributed by atoms with Gasteiger partial charge in [-0.05, 0) is 31.2 Å². The molecule has 1 N–H and O–H groups in total. The molecule has 0 atom stereocenters. The van der Waals surface area contributed by atoms with Crippen molar-refractivity contribution in [3.63, 3.8) is 0 Å². The van der Waals surface area contributed by atoms with Crippen LogP contribution < -0.4 is 10.1 Å². The summed E-state index contributed by atoms with van der Waals surface area (Å²) < 4.78 is 34.1. The summed E-state index contributed by atoms with van der Waals surface area (Å²) in [5.74, 6) is -0.583. The molecule has 1 heterocycles. The van der Waals surface area contributed by atoms with Crippen molar-refractivity contribution in [2.24, 2.45) is 0 Å². The van der Waals surface area contributed by atoms with E-state index in [0.29, 0.717) is 17.5 Å². The van der Waals surface area contributed by atoms with E-state index in [1.807, 2.05) is 41.8 Å². The average Bonchev–Trinajstić information content (AvgIpc) is 3.09. The van der Waals surface area contributed by atoms with Crippen LogP contribution in [0.15, 0.2) is 53.7 Å². The van der Waals surface area contributed by atoms with Gasteiger partial charge >= 0.3 is 0 Å². The summed E-state index contributed by atoms with van der Waals surface area (Å²) in [6, 6.07) is 12.3. The standard InChI is InChI=1S/C19H18F2N4O2S/c1-2-25-17(11-27-14-6-4-3-5-7-14)23-24-19(25)28-12-18(26)22-16-9-8-13(20)10-15(16)21/h3-10H,2,11-12H2,1H3,(H,22,26). The second-order valence-corrected chi connectivity index (χ2v) is 6.65. The topological polar surface area (TPSA) is 69.0 Å². The first-order valence-electron chi connectivity index (χ1n) is 8.54. The maximum atomic E-state index is 13.6. The molecule has 0 aliphatic carbocycles. The summed E-state index contributed by atoms with van der Waals surface area (Å²) in [7, 11) is 0. The average molecular weight is 404 g/mol. The minimum absolute atomic E-state index is 0.00842. The van der Waals surface area contributed by atoms with E-state index in [9.17, 15) is 13.6 Å². The maximum Gasteiger partial charge on any atom is 0.234 e. The van der Waals surface area contributed by atoms with Crippen LogP contribution in [0.4, 0.5) is 14.5 Å². The molecule has 3 rings (SSSR count). The number of hydrogen-bond donors (Lipinski definition) is 1. The van der Waals surface area contributed by atoms with Gasteiger partial charge in [-0.25, -0.2) is 8.78 Å². The predicted octanol–water partition coefficient (Wildman–Crippen LogP) is 3.89. The van der Waals surface area contributed by atoms with Crippen LogP contribution >= 0.6 is 11.8 Å². The van der Waals surface area contributed by atoms with E-state index in [-0.39, 0.29) is 18.0 Å². The molecule has 1 aromatic heterocycles. The SMILES string of the molecule is CCn1c(COc2ccccc2)nnc1SCC(=O)Nc1ccc(F)cc1F. The van der Waals surface area contributed by atoms with Crippen LogP contribution in [-0.2, 0) is 17.9 Å². The molecule has 0 aliphatic heterocycles. The molecule has 0 unspecified atom stereocenters. The van der Waals surface area contributed by atoms with Gasteiger partial charge in [-0.1, -0.05) is 30.0 Å². The number of anilines is 1. The smallest absolute Gasteiger partial charge is 0.234 e. The lowest BCUT2D eigenvalue weighted by molar-refractivity contribution is -0.113. The minimum Gasteiger partial charge on any atom is -0.486 e. The second kappa shape index (κ2) is 9.32. The Balaban J connectivity index is 1.58. The van der Waals surface area contributed by atoms with Crippen molar-refractivity contribution in [2.45, 2.75) is 25.2 Å². The molecule has 0 spiro atoms. The summed E-state index contributed by atoms with van der Waals surface area (Å²) in [5, 5.41) is 11.2. The molecule has 0 radical (unpaired) electrons. The van der Waals surface area contributed by atoms with E-state index in [1.165, 1.54) is 17.8 Å².